The molecule has 1 saturated heterocycles. The molecule has 9 heavy (non-hydrogen) atoms. The Morgan fingerprint density at radius 1 is 1.44 bits per heavy atom. The second kappa shape index (κ2) is 1.70. The van der Waals surface area contributed by atoms with Crippen LogP contribution in [0.4, 0.5) is 0 Å². The van der Waals surface area contributed by atoms with Gasteiger partial charge in [0.15, 0.2) is 9.84 Å². The minimum atomic E-state index is -2.66. The van der Waals surface area contributed by atoms with Gasteiger partial charge in [0.2, 0.25) is 0 Å². The van der Waals surface area contributed by atoms with Crippen molar-refractivity contribution in [2.75, 3.05) is 18.6 Å². The summed E-state index contributed by atoms with van der Waals surface area (Å²) in [7, 11) is -0.877. The predicted octanol–water partition coefficient (Wildman–Crippen LogP) is -0.607. The molecular weight excluding hydrogens is 138 g/mol. The summed E-state index contributed by atoms with van der Waals surface area (Å²) < 4.78 is 21.2. The van der Waals surface area contributed by atoms with Crippen LogP contribution in [0.25, 0.3) is 0 Å². The Morgan fingerprint density at radius 3 is 2.00 bits per heavy atom. The molecule has 1 aliphatic rings. The number of nitrogens with one attached hydrogen (secondary N) is 1. The van der Waals surface area contributed by atoms with E-state index in [-0.39, 0.29) is 17.0 Å². The van der Waals surface area contributed by atoms with Gasteiger partial charge in [0.1, 0.15) is 0 Å². The Kier molecular flexibility index (Phi) is 1.33. The fourth-order valence-electron chi connectivity index (χ4n) is 1.07. The molecule has 1 aliphatic heterocycles. The molecule has 4 heteroatoms. The standard InChI is InChI=1S/C5H11NO2S/c1-5(6-2)3-9(7,8)4-5/h6H,3-4H2,1-2H3. The Labute approximate surface area is 55.4 Å². The number of rotatable bonds is 1. The van der Waals surface area contributed by atoms with Gasteiger partial charge in [-0.05, 0) is 14.0 Å². The summed E-state index contributed by atoms with van der Waals surface area (Å²) in [4.78, 5) is 0. The lowest BCUT2D eigenvalue weighted by molar-refractivity contribution is 0.420. The van der Waals surface area contributed by atoms with Crippen molar-refractivity contribution < 1.29 is 8.42 Å². The summed E-state index contributed by atoms with van der Waals surface area (Å²) in [5, 5.41) is 2.95. The van der Waals surface area contributed by atoms with Crippen molar-refractivity contribution in [1.29, 1.82) is 0 Å². The van der Waals surface area contributed by atoms with Crippen molar-refractivity contribution in [3.05, 3.63) is 0 Å². The molecule has 1 fully saturated rings. The molecule has 0 aromatic heterocycles. The lowest BCUT2D eigenvalue weighted by Gasteiger charge is -2.37. The largest absolute Gasteiger partial charge is 0.313 e. The first-order chi connectivity index (χ1) is 3.97. The molecule has 0 saturated carbocycles. The van der Waals surface area contributed by atoms with Crippen LogP contribution in [0.5, 0.6) is 0 Å². The SMILES string of the molecule is CNC1(C)CS(=O)(=O)C1. The van der Waals surface area contributed by atoms with Gasteiger partial charge in [-0.2, -0.15) is 0 Å². The summed E-state index contributed by atoms with van der Waals surface area (Å²) in [6.45, 7) is 1.91. The zero-order valence-electron chi connectivity index (χ0n) is 5.64. The van der Waals surface area contributed by atoms with Gasteiger partial charge in [0.25, 0.3) is 0 Å². The van der Waals surface area contributed by atoms with Crippen molar-refractivity contribution in [3.8, 4) is 0 Å². The first kappa shape index (κ1) is 7.02. The van der Waals surface area contributed by atoms with Crippen molar-refractivity contribution >= 4 is 9.84 Å². The van der Waals surface area contributed by atoms with Gasteiger partial charge in [-0.15, -0.1) is 0 Å². The zero-order chi connectivity index (χ0) is 7.12. The molecule has 0 radical (unpaired) electrons. The maximum atomic E-state index is 10.6. The van der Waals surface area contributed by atoms with Crippen LogP contribution in [0.1, 0.15) is 6.92 Å². The third-order valence-corrected chi connectivity index (χ3v) is 3.83. The Hall–Kier alpha value is -0.0900. The first-order valence-electron chi connectivity index (χ1n) is 2.87. The molecule has 1 heterocycles. The topological polar surface area (TPSA) is 46.2 Å². The van der Waals surface area contributed by atoms with Crippen LogP contribution < -0.4 is 5.32 Å². The molecule has 1 N–H and O–H groups in total. The minimum absolute atomic E-state index is 0.140. The molecular formula is C5H11NO2S. The Balaban J connectivity index is 2.61. The predicted molar refractivity (Wildman–Crippen MR) is 36.1 cm³/mol. The van der Waals surface area contributed by atoms with E-state index in [0.717, 1.165) is 0 Å². The van der Waals surface area contributed by atoms with Crippen molar-refractivity contribution in [1.82, 2.24) is 5.32 Å². The van der Waals surface area contributed by atoms with Crippen LogP contribution in [-0.4, -0.2) is 32.5 Å². The monoisotopic (exact) mass is 149 g/mol. The van der Waals surface area contributed by atoms with E-state index in [1.807, 2.05) is 6.92 Å². The lowest BCUT2D eigenvalue weighted by Crippen LogP contribution is -2.60. The van der Waals surface area contributed by atoms with E-state index in [0.29, 0.717) is 0 Å². The van der Waals surface area contributed by atoms with Gasteiger partial charge in [0, 0.05) is 5.54 Å². The second-order valence-electron chi connectivity index (χ2n) is 2.84. The third-order valence-electron chi connectivity index (χ3n) is 1.68. The molecule has 0 amide bonds. The van der Waals surface area contributed by atoms with Crippen LogP contribution in [-0.2, 0) is 9.84 Å². The Bertz CT molecular complexity index is 195. The van der Waals surface area contributed by atoms with E-state index in [9.17, 15) is 8.42 Å². The number of hydrogen-bond donors (Lipinski definition) is 1. The molecule has 0 bridgehead atoms. The minimum Gasteiger partial charge on any atom is -0.313 e. The second-order valence-corrected chi connectivity index (χ2v) is 4.91. The van der Waals surface area contributed by atoms with Gasteiger partial charge in [-0.3, -0.25) is 0 Å². The molecule has 54 valence electrons. The normalized spacial score (nSPS) is 29.1. The summed E-state index contributed by atoms with van der Waals surface area (Å²) >= 11 is 0. The van der Waals surface area contributed by atoms with E-state index < -0.39 is 9.84 Å². The molecule has 0 aromatic rings. The maximum Gasteiger partial charge on any atom is 0.153 e. The highest BCUT2D eigenvalue weighted by atomic mass is 32.2. The van der Waals surface area contributed by atoms with Gasteiger partial charge in [-0.25, -0.2) is 8.42 Å². The van der Waals surface area contributed by atoms with Crippen molar-refractivity contribution in [3.63, 3.8) is 0 Å². The summed E-state index contributed by atoms with van der Waals surface area (Å²) in [5.41, 5.74) is -0.140. The summed E-state index contributed by atoms with van der Waals surface area (Å²) in [6.07, 6.45) is 0. The zero-order valence-corrected chi connectivity index (χ0v) is 6.46. The van der Waals surface area contributed by atoms with Crippen LogP contribution >= 0.6 is 0 Å². The average molecular weight is 149 g/mol. The van der Waals surface area contributed by atoms with Gasteiger partial charge < -0.3 is 5.32 Å². The first-order valence-corrected chi connectivity index (χ1v) is 4.69. The highest BCUT2D eigenvalue weighted by molar-refractivity contribution is 7.93. The van der Waals surface area contributed by atoms with E-state index in [4.69, 9.17) is 0 Å². The molecule has 1 rings (SSSR count). The average Bonchev–Trinajstić information content (AvgIpc) is 1.61. The van der Waals surface area contributed by atoms with E-state index in [2.05, 4.69) is 5.32 Å². The molecule has 0 atom stereocenters. The molecule has 0 aliphatic carbocycles. The van der Waals surface area contributed by atoms with Gasteiger partial charge in [-0.1, -0.05) is 0 Å². The number of sulfone groups is 1. The lowest BCUT2D eigenvalue weighted by atomic mass is 10.1. The van der Waals surface area contributed by atoms with Crippen LogP contribution in [0.2, 0.25) is 0 Å². The smallest absolute Gasteiger partial charge is 0.153 e. The van der Waals surface area contributed by atoms with Crippen LogP contribution in [0.3, 0.4) is 0 Å². The summed E-state index contributed by atoms with van der Waals surface area (Å²) in [5.74, 6) is 0.576. The van der Waals surface area contributed by atoms with Crippen molar-refractivity contribution in [2.24, 2.45) is 0 Å². The summed E-state index contributed by atoms with van der Waals surface area (Å²) in [6, 6.07) is 0. The van der Waals surface area contributed by atoms with Crippen LogP contribution in [0.15, 0.2) is 0 Å². The fraction of sp³-hybridized carbons (Fsp3) is 1.00. The molecule has 0 unspecified atom stereocenters. The molecule has 0 aromatic carbocycles. The van der Waals surface area contributed by atoms with E-state index >= 15 is 0 Å². The fourth-order valence-corrected chi connectivity index (χ4v) is 3.22. The Morgan fingerprint density at radius 2 is 1.89 bits per heavy atom. The maximum absolute atomic E-state index is 10.6. The van der Waals surface area contributed by atoms with Gasteiger partial charge >= 0.3 is 0 Å². The number of hydrogen-bond acceptors (Lipinski definition) is 3. The van der Waals surface area contributed by atoms with Gasteiger partial charge in [0.05, 0.1) is 11.5 Å². The third kappa shape index (κ3) is 1.24. The highest BCUT2D eigenvalue weighted by Gasteiger charge is 2.43. The molecule has 0 spiro atoms. The van der Waals surface area contributed by atoms with E-state index in [1.165, 1.54) is 0 Å². The molecule has 3 nitrogen and oxygen atoms in total. The quantitative estimate of drug-likeness (QED) is 0.541. The van der Waals surface area contributed by atoms with Crippen LogP contribution in [0, 0.1) is 0 Å². The highest BCUT2D eigenvalue weighted by Crippen LogP contribution is 2.21. The van der Waals surface area contributed by atoms with E-state index in [1.54, 1.807) is 7.05 Å². The van der Waals surface area contributed by atoms with Crippen molar-refractivity contribution in [2.45, 2.75) is 12.5 Å².